The molecule has 5 nitrogen and oxygen atoms in total. The Morgan fingerprint density at radius 3 is 2.58 bits per heavy atom. The number of carbonyl (C=O) groups is 1. The van der Waals surface area contributed by atoms with Gasteiger partial charge >= 0.3 is 0 Å². The molecule has 0 atom stereocenters. The first-order valence-corrected chi connectivity index (χ1v) is 7.84. The largest absolute Gasteiger partial charge is 0.353 e. The summed E-state index contributed by atoms with van der Waals surface area (Å²) in [6, 6.07) is 0.726. The number of nitrogens with one attached hydrogen (secondary N) is 1. The van der Waals surface area contributed by atoms with E-state index < -0.39 is 0 Å². The molecule has 0 unspecified atom stereocenters. The molecular weight excluding hydrogens is 260 g/mol. The van der Waals surface area contributed by atoms with Gasteiger partial charge in [-0.15, -0.1) is 10.2 Å². The van der Waals surface area contributed by atoms with Crippen LogP contribution < -0.4 is 5.32 Å². The molecule has 1 fully saturated rings. The van der Waals surface area contributed by atoms with E-state index in [1.54, 1.807) is 0 Å². The summed E-state index contributed by atoms with van der Waals surface area (Å²) in [6.45, 7) is 8.45. The lowest BCUT2D eigenvalue weighted by Crippen LogP contribution is -2.27. The fraction of sp³-hybridized carbons (Fsp3) is 0.769. The van der Waals surface area contributed by atoms with Gasteiger partial charge in [0.1, 0.15) is 5.82 Å². The van der Waals surface area contributed by atoms with Gasteiger partial charge in [-0.1, -0.05) is 25.6 Å². The number of amides is 1. The molecule has 0 radical (unpaired) electrons. The zero-order valence-corrected chi connectivity index (χ0v) is 12.8. The topological polar surface area (TPSA) is 59.8 Å². The van der Waals surface area contributed by atoms with Crippen molar-refractivity contribution in [2.24, 2.45) is 0 Å². The van der Waals surface area contributed by atoms with E-state index in [1.165, 1.54) is 11.8 Å². The molecule has 1 aromatic rings. The number of thioether (sulfide) groups is 1. The zero-order valence-electron chi connectivity index (χ0n) is 12.0. The Bertz CT molecular complexity index is 451. The molecule has 0 saturated heterocycles. The quantitative estimate of drug-likeness (QED) is 0.814. The van der Waals surface area contributed by atoms with Gasteiger partial charge in [-0.05, 0) is 26.7 Å². The number of hydrogen-bond acceptors (Lipinski definition) is 4. The third-order valence-electron chi connectivity index (χ3n) is 3.00. The lowest BCUT2D eigenvalue weighted by atomic mass is 10.2. The number of nitrogens with zero attached hydrogens (tertiary/aromatic N) is 3. The average Bonchev–Trinajstić information content (AvgIpc) is 3.02. The SMILES string of the molecule is CC(C)c1nnc(SCC(=O)NC2CC2)n1C(C)C. The second-order valence-corrected chi connectivity index (χ2v) is 6.53. The van der Waals surface area contributed by atoms with Crippen LogP contribution in [0.25, 0.3) is 0 Å². The Balaban J connectivity index is 2.00. The van der Waals surface area contributed by atoms with Crippen LogP contribution in [0.2, 0.25) is 0 Å². The number of hydrogen-bond donors (Lipinski definition) is 1. The molecule has 1 saturated carbocycles. The van der Waals surface area contributed by atoms with Crippen LogP contribution in [0.5, 0.6) is 0 Å². The lowest BCUT2D eigenvalue weighted by molar-refractivity contribution is -0.118. The van der Waals surface area contributed by atoms with Crippen molar-refractivity contribution in [3.8, 4) is 0 Å². The molecule has 1 aliphatic carbocycles. The Kier molecular flexibility index (Phi) is 4.50. The number of rotatable bonds is 6. The van der Waals surface area contributed by atoms with E-state index in [0.29, 0.717) is 23.8 Å². The standard InChI is InChI=1S/C13H22N4OS/c1-8(2)12-15-16-13(17(12)9(3)4)19-7-11(18)14-10-5-6-10/h8-10H,5-7H2,1-4H3,(H,14,18). The maximum atomic E-state index is 11.7. The second-order valence-electron chi connectivity index (χ2n) is 5.59. The summed E-state index contributed by atoms with van der Waals surface area (Å²) < 4.78 is 2.12. The van der Waals surface area contributed by atoms with Crippen molar-refractivity contribution in [2.45, 2.75) is 63.7 Å². The van der Waals surface area contributed by atoms with E-state index >= 15 is 0 Å². The molecule has 19 heavy (non-hydrogen) atoms. The van der Waals surface area contributed by atoms with E-state index in [0.717, 1.165) is 23.8 Å². The van der Waals surface area contributed by atoms with Crippen molar-refractivity contribution >= 4 is 17.7 Å². The molecular formula is C13H22N4OS. The minimum absolute atomic E-state index is 0.0944. The van der Waals surface area contributed by atoms with Gasteiger partial charge in [0.25, 0.3) is 0 Å². The van der Waals surface area contributed by atoms with Crippen LogP contribution in [0.3, 0.4) is 0 Å². The summed E-state index contributed by atoms with van der Waals surface area (Å²) >= 11 is 1.47. The molecule has 1 N–H and O–H groups in total. The Morgan fingerprint density at radius 2 is 2.05 bits per heavy atom. The molecule has 1 aromatic heterocycles. The Hall–Kier alpha value is -1.04. The number of carbonyl (C=O) groups excluding carboxylic acids is 1. The highest BCUT2D eigenvalue weighted by Gasteiger charge is 2.24. The van der Waals surface area contributed by atoms with Crippen LogP contribution in [0, 0.1) is 0 Å². The zero-order chi connectivity index (χ0) is 14.0. The summed E-state index contributed by atoms with van der Waals surface area (Å²) in [5.74, 6) is 1.83. The van der Waals surface area contributed by atoms with E-state index in [-0.39, 0.29) is 5.91 Å². The highest BCUT2D eigenvalue weighted by molar-refractivity contribution is 7.99. The summed E-state index contributed by atoms with van der Waals surface area (Å²) in [5, 5.41) is 12.3. The van der Waals surface area contributed by atoms with Gasteiger partial charge < -0.3 is 9.88 Å². The maximum Gasteiger partial charge on any atom is 0.230 e. The molecule has 1 amide bonds. The molecule has 0 bridgehead atoms. The first kappa shape index (κ1) is 14.4. The Labute approximate surface area is 118 Å². The molecule has 1 heterocycles. The fourth-order valence-electron chi connectivity index (χ4n) is 1.89. The maximum absolute atomic E-state index is 11.7. The molecule has 0 aliphatic heterocycles. The van der Waals surface area contributed by atoms with Gasteiger partial charge in [0.15, 0.2) is 5.16 Å². The summed E-state index contributed by atoms with van der Waals surface area (Å²) in [4.78, 5) is 11.7. The molecule has 0 aromatic carbocycles. The van der Waals surface area contributed by atoms with Gasteiger partial charge in [-0.25, -0.2) is 0 Å². The fourth-order valence-corrected chi connectivity index (χ4v) is 2.78. The van der Waals surface area contributed by atoms with Crippen molar-refractivity contribution in [2.75, 3.05) is 5.75 Å². The first-order valence-electron chi connectivity index (χ1n) is 6.86. The van der Waals surface area contributed by atoms with Gasteiger partial charge in [0.2, 0.25) is 5.91 Å². The van der Waals surface area contributed by atoms with Crippen LogP contribution in [-0.2, 0) is 4.79 Å². The van der Waals surface area contributed by atoms with Gasteiger partial charge in [-0.3, -0.25) is 4.79 Å². The van der Waals surface area contributed by atoms with E-state index in [9.17, 15) is 4.79 Å². The van der Waals surface area contributed by atoms with E-state index in [4.69, 9.17) is 0 Å². The number of aromatic nitrogens is 3. The summed E-state index contributed by atoms with van der Waals surface area (Å²) in [6.07, 6.45) is 2.24. The first-order chi connectivity index (χ1) is 8.99. The van der Waals surface area contributed by atoms with E-state index in [2.05, 4.69) is 47.8 Å². The smallest absolute Gasteiger partial charge is 0.230 e. The summed E-state index contributed by atoms with van der Waals surface area (Å²) in [7, 11) is 0. The molecule has 106 valence electrons. The van der Waals surface area contributed by atoms with E-state index in [1.807, 2.05) is 0 Å². The van der Waals surface area contributed by atoms with Crippen LogP contribution >= 0.6 is 11.8 Å². The van der Waals surface area contributed by atoms with Crippen LogP contribution in [0.4, 0.5) is 0 Å². The molecule has 1 aliphatic rings. The van der Waals surface area contributed by atoms with Gasteiger partial charge in [0.05, 0.1) is 5.75 Å². The average molecular weight is 282 g/mol. The van der Waals surface area contributed by atoms with Crippen LogP contribution in [-0.4, -0.2) is 32.5 Å². The van der Waals surface area contributed by atoms with Gasteiger partial charge in [-0.2, -0.15) is 0 Å². The second kappa shape index (κ2) is 5.94. The summed E-state index contributed by atoms with van der Waals surface area (Å²) in [5.41, 5.74) is 0. The molecule has 0 spiro atoms. The van der Waals surface area contributed by atoms with Gasteiger partial charge in [0, 0.05) is 18.0 Å². The van der Waals surface area contributed by atoms with Crippen molar-refractivity contribution in [3.05, 3.63) is 5.82 Å². The minimum Gasteiger partial charge on any atom is -0.353 e. The normalized spacial score (nSPS) is 15.3. The Morgan fingerprint density at radius 1 is 1.37 bits per heavy atom. The molecule has 6 heteroatoms. The van der Waals surface area contributed by atoms with Crippen molar-refractivity contribution in [1.82, 2.24) is 20.1 Å². The van der Waals surface area contributed by atoms with Crippen molar-refractivity contribution in [3.63, 3.8) is 0 Å². The van der Waals surface area contributed by atoms with Crippen LogP contribution in [0.15, 0.2) is 5.16 Å². The third-order valence-corrected chi connectivity index (χ3v) is 3.94. The third kappa shape index (κ3) is 3.72. The minimum atomic E-state index is 0.0944. The highest BCUT2D eigenvalue weighted by Crippen LogP contribution is 2.25. The highest BCUT2D eigenvalue weighted by atomic mass is 32.2. The predicted octanol–water partition coefficient (Wildman–Crippen LogP) is 2.35. The van der Waals surface area contributed by atoms with Crippen molar-refractivity contribution in [1.29, 1.82) is 0 Å². The lowest BCUT2D eigenvalue weighted by Gasteiger charge is -2.15. The predicted molar refractivity (Wildman–Crippen MR) is 76.4 cm³/mol. The monoisotopic (exact) mass is 282 g/mol. The van der Waals surface area contributed by atoms with Crippen LogP contribution in [0.1, 0.15) is 58.3 Å². The van der Waals surface area contributed by atoms with Crippen molar-refractivity contribution < 1.29 is 4.79 Å². The molecule has 2 rings (SSSR count).